The van der Waals surface area contributed by atoms with Crippen LogP contribution in [0.1, 0.15) is 72.9 Å². The summed E-state index contributed by atoms with van der Waals surface area (Å²) in [6.45, 7) is 14.6. The number of ether oxygens (including phenoxy) is 1. The third-order valence-electron chi connectivity index (χ3n) is 4.79. The molecule has 0 saturated carbocycles. The second-order valence-electron chi connectivity index (χ2n) is 7.87. The number of hydrogen-bond acceptors (Lipinski definition) is 3. The number of carbonyl (C=O) groups is 1. The van der Waals surface area contributed by atoms with Crippen LogP contribution in [0.2, 0.25) is 0 Å². The molecule has 0 fully saturated rings. The van der Waals surface area contributed by atoms with E-state index in [1.54, 1.807) is 0 Å². The number of hydrogen-bond donors (Lipinski definition) is 0. The molecule has 142 valence electrons. The molecule has 1 aromatic heterocycles. The maximum atomic E-state index is 12.7. The van der Waals surface area contributed by atoms with Gasteiger partial charge < -0.3 is 4.74 Å². The third kappa shape index (κ3) is 4.75. The molecular weight excluding hydrogens is 324 g/mol. The summed E-state index contributed by atoms with van der Waals surface area (Å²) in [7, 11) is 0. The van der Waals surface area contributed by atoms with Gasteiger partial charge >= 0.3 is 0 Å². The minimum Gasteiger partial charge on any atom is -0.483 e. The van der Waals surface area contributed by atoms with E-state index >= 15 is 0 Å². The largest absolute Gasteiger partial charge is 0.483 e. The highest BCUT2D eigenvalue weighted by Crippen LogP contribution is 2.27. The Morgan fingerprint density at radius 1 is 1.15 bits per heavy atom. The van der Waals surface area contributed by atoms with Gasteiger partial charge in [0.1, 0.15) is 5.75 Å². The van der Waals surface area contributed by atoms with Crippen molar-refractivity contribution in [3.63, 3.8) is 0 Å². The Balaban J connectivity index is 2.14. The Kier molecular flexibility index (Phi) is 6.63. The fourth-order valence-corrected chi connectivity index (χ4v) is 3.16. The van der Waals surface area contributed by atoms with Gasteiger partial charge in [-0.25, -0.2) is 4.68 Å². The Labute approximate surface area is 157 Å². The van der Waals surface area contributed by atoms with Gasteiger partial charge in [-0.1, -0.05) is 39.8 Å². The Morgan fingerprint density at radius 3 is 2.46 bits per heavy atom. The number of benzene rings is 1. The first-order valence-electron chi connectivity index (χ1n) is 9.52. The van der Waals surface area contributed by atoms with Crippen molar-refractivity contribution in [1.82, 2.24) is 9.78 Å². The van der Waals surface area contributed by atoms with E-state index in [-0.39, 0.29) is 12.5 Å². The molecule has 2 aromatic rings. The maximum absolute atomic E-state index is 12.7. The lowest BCUT2D eigenvalue weighted by Crippen LogP contribution is -2.22. The lowest BCUT2D eigenvalue weighted by molar-refractivity contribution is 0.0817. The molecule has 0 aliphatic carbocycles. The Bertz CT molecular complexity index is 773. The van der Waals surface area contributed by atoms with Crippen LogP contribution in [0.3, 0.4) is 0 Å². The zero-order valence-electron chi connectivity index (χ0n) is 17.2. The Hall–Kier alpha value is -2.10. The molecule has 0 saturated heterocycles. The molecule has 0 aliphatic heterocycles. The minimum atomic E-state index is -0.127. The van der Waals surface area contributed by atoms with E-state index in [1.165, 1.54) is 10.2 Å². The fraction of sp³-hybridized carbons (Fsp3) is 0.545. The van der Waals surface area contributed by atoms with Crippen molar-refractivity contribution in [3.8, 4) is 5.75 Å². The summed E-state index contributed by atoms with van der Waals surface area (Å²) in [5.74, 6) is 1.64. The molecule has 4 heteroatoms. The van der Waals surface area contributed by atoms with E-state index in [9.17, 15) is 4.79 Å². The predicted octanol–water partition coefficient (Wildman–Crippen LogP) is 5.24. The van der Waals surface area contributed by atoms with Gasteiger partial charge in [0.05, 0.1) is 5.69 Å². The second kappa shape index (κ2) is 8.52. The number of nitrogens with zero attached hydrogens (tertiary/aromatic N) is 2. The number of rotatable bonds is 7. The molecule has 0 spiro atoms. The van der Waals surface area contributed by atoms with Crippen molar-refractivity contribution in [3.05, 3.63) is 46.3 Å². The quantitative estimate of drug-likeness (QED) is 0.681. The molecule has 0 bridgehead atoms. The standard InChI is InChI=1S/C22H32N2O2/c1-14(2)8-10-20-17(6)23-24(18(20)7)22(25)13-26-21-12-16(5)9-11-19(21)15(3)4/h9,11-12,14-15H,8,10,13H2,1-7H3. The number of aromatic nitrogens is 2. The van der Waals surface area contributed by atoms with E-state index in [0.29, 0.717) is 11.8 Å². The molecule has 0 atom stereocenters. The summed E-state index contributed by atoms with van der Waals surface area (Å²) in [5.41, 5.74) is 5.30. The predicted molar refractivity (Wildman–Crippen MR) is 106 cm³/mol. The van der Waals surface area contributed by atoms with E-state index in [1.807, 2.05) is 26.8 Å². The smallest absolute Gasteiger partial charge is 0.284 e. The van der Waals surface area contributed by atoms with Crippen molar-refractivity contribution >= 4 is 5.91 Å². The lowest BCUT2D eigenvalue weighted by atomic mass is 10.0. The topological polar surface area (TPSA) is 44.1 Å². The average molecular weight is 357 g/mol. The number of aryl methyl sites for hydroxylation is 2. The van der Waals surface area contributed by atoms with Gasteiger partial charge in [-0.05, 0) is 68.2 Å². The van der Waals surface area contributed by atoms with E-state index in [2.05, 4.69) is 44.9 Å². The van der Waals surface area contributed by atoms with Crippen LogP contribution < -0.4 is 4.74 Å². The maximum Gasteiger partial charge on any atom is 0.284 e. The molecule has 0 N–H and O–H groups in total. The van der Waals surface area contributed by atoms with Crippen LogP contribution in [-0.4, -0.2) is 22.3 Å². The van der Waals surface area contributed by atoms with Crippen LogP contribution in [0.25, 0.3) is 0 Å². The van der Waals surface area contributed by atoms with Crippen LogP contribution in [0.15, 0.2) is 18.2 Å². The summed E-state index contributed by atoms with van der Waals surface area (Å²) in [6, 6.07) is 6.15. The highest BCUT2D eigenvalue weighted by Gasteiger charge is 2.18. The lowest BCUT2D eigenvalue weighted by Gasteiger charge is -2.14. The first-order chi connectivity index (χ1) is 12.2. The molecular formula is C22H32N2O2. The van der Waals surface area contributed by atoms with Crippen molar-refractivity contribution < 1.29 is 9.53 Å². The van der Waals surface area contributed by atoms with Crippen molar-refractivity contribution in [2.45, 2.75) is 67.2 Å². The monoisotopic (exact) mass is 356 g/mol. The van der Waals surface area contributed by atoms with Crippen LogP contribution >= 0.6 is 0 Å². The minimum absolute atomic E-state index is 0.00520. The molecule has 0 radical (unpaired) electrons. The zero-order chi connectivity index (χ0) is 19.4. The fourth-order valence-electron chi connectivity index (χ4n) is 3.16. The van der Waals surface area contributed by atoms with Crippen LogP contribution in [0.4, 0.5) is 0 Å². The van der Waals surface area contributed by atoms with Crippen LogP contribution in [0.5, 0.6) is 5.75 Å². The molecule has 0 amide bonds. The van der Waals surface area contributed by atoms with Crippen molar-refractivity contribution in [1.29, 1.82) is 0 Å². The summed E-state index contributed by atoms with van der Waals surface area (Å²) in [4.78, 5) is 12.7. The second-order valence-corrected chi connectivity index (χ2v) is 7.87. The highest BCUT2D eigenvalue weighted by molar-refractivity contribution is 5.80. The SMILES string of the molecule is Cc1ccc(C(C)C)c(OCC(=O)n2nc(C)c(CCC(C)C)c2C)c1. The van der Waals surface area contributed by atoms with Gasteiger partial charge in [-0.15, -0.1) is 0 Å². The summed E-state index contributed by atoms with van der Waals surface area (Å²) >= 11 is 0. The van der Waals surface area contributed by atoms with Gasteiger partial charge in [-0.2, -0.15) is 5.10 Å². The van der Waals surface area contributed by atoms with Crippen molar-refractivity contribution in [2.75, 3.05) is 6.61 Å². The molecule has 2 rings (SSSR count). The van der Waals surface area contributed by atoms with Crippen molar-refractivity contribution in [2.24, 2.45) is 5.92 Å². The Morgan fingerprint density at radius 2 is 1.85 bits per heavy atom. The van der Waals surface area contributed by atoms with Gasteiger partial charge in [0.2, 0.25) is 0 Å². The summed E-state index contributed by atoms with van der Waals surface area (Å²) in [5, 5.41) is 4.46. The first-order valence-corrected chi connectivity index (χ1v) is 9.52. The van der Waals surface area contributed by atoms with Gasteiger partial charge in [0.15, 0.2) is 6.61 Å². The summed E-state index contributed by atoms with van der Waals surface area (Å²) in [6.07, 6.45) is 2.05. The molecule has 4 nitrogen and oxygen atoms in total. The van der Waals surface area contributed by atoms with Gasteiger partial charge in [0, 0.05) is 5.69 Å². The average Bonchev–Trinajstić information content (AvgIpc) is 2.84. The molecule has 1 aromatic carbocycles. The zero-order valence-corrected chi connectivity index (χ0v) is 17.2. The van der Waals surface area contributed by atoms with E-state index in [4.69, 9.17) is 4.74 Å². The third-order valence-corrected chi connectivity index (χ3v) is 4.79. The van der Waals surface area contributed by atoms with E-state index in [0.717, 1.165) is 41.1 Å². The highest BCUT2D eigenvalue weighted by atomic mass is 16.5. The normalized spacial score (nSPS) is 11.4. The molecule has 26 heavy (non-hydrogen) atoms. The molecule has 0 unspecified atom stereocenters. The van der Waals surface area contributed by atoms with E-state index < -0.39 is 0 Å². The summed E-state index contributed by atoms with van der Waals surface area (Å²) < 4.78 is 7.40. The molecule has 1 heterocycles. The number of carbonyl (C=O) groups excluding carboxylic acids is 1. The van der Waals surface area contributed by atoms with Crippen LogP contribution in [0, 0.1) is 26.7 Å². The molecule has 0 aliphatic rings. The first kappa shape index (κ1) is 20.2. The van der Waals surface area contributed by atoms with Gasteiger partial charge in [-0.3, -0.25) is 4.79 Å². The van der Waals surface area contributed by atoms with Crippen LogP contribution in [-0.2, 0) is 6.42 Å². The van der Waals surface area contributed by atoms with Gasteiger partial charge in [0.25, 0.3) is 5.91 Å².